The van der Waals surface area contributed by atoms with Crippen molar-refractivity contribution in [2.75, 3.05) is 16.4 Å². The molecule has 2 N–H and O–H groups in total. The van der Waals surface area contributed by atoms with Gasteiger partial charge in [0, 0.05) is 29.6 Å². The highest BCUT2D eigenvalue weighted by Crippen LogP contribution is 2.29. The summed E-state index contributed by atoms with van der Waals surface area (Å²) in [6.45, 7) is 1.97. The maximum atomic E-state index is 13.1. The SMILES string of the molecule is Cc1ccc(C(=O)Nc2ccc(-c3nnc(SCC(=O)Nc4nnc(SCc5ccc(F)cc5)s4)n3C)cc2)cc1. The van der Waals surface area contributed by atoms with Crippen LogP contribution in [0.25, 0.3) is 11.4 Å². The van der Waals surface area contributed by atoms with E-state index in [4.69, 9.17) is 0 Å². The minimum Gasteiger partial charge on any atom is -0.322 e. The molecular weight excluding hydrogens is 582 g/mol. The van der Waals surface area contributed by atoms with E-state index in [0.717, 1.165) is 16.7 Å². The topological polar surface area (TPSA) is 115 Å². The molecule has 208 valence electrons. The number of anilines is 2. The maximum Gasteiger partial charge on any atom is 0.255 e. The second-order valence-corrected chi connectivity index (χ2v) is 12.0. The third kappa shape index (κ3) is 7.57. The first kappa shape index (κ1) is 28.5. The van der Waals surface area contributed by atoms with E-state index in [9.17, 15) is 14.0 Å². The van der Waals surface area contributed by atoms with Gasteiger partial charge in [0.1, 0.15) is 5.82 Å². The van der Waals surface area contributed by atoms with Gasteiger partial charge in [0.25, 0.3) is 5.91 Å². The molecule has 0 radical (unpaired) electrons. The second-order valence-electron chi connectivity index (χ2n) is 8.89. The Morgan fingerprint density at radius 2 is 1.61 bits per heavy atom. The maximum absolute atomic E-state index is 13.1. The summed E-state index contributed by atoms with van der Waals surface area (Å²) >= 11 is 4.00. The summed E-state index contributed by atoms with van der Waals surface area (Å²) < 4.78 is 15.6. The number of rotatable bonds is 10. The first-order valence-corrected chi connectivity index (χ1v) is 15.1. The number of benzene rings is 3. The summed E-state index contributed by atoms with van der Waals surface area (Å²) in [5, 5.41) is 23.3. The predicted octanol–water partition coefficient (Wildman–Crippen LogP) is 6.06. The van der Waals surface area contributed by atoms with Crippen molar-refractivity contribution in [2.45, 2.75) is 22.2 Å². The summed E-state index contributed by atoms with van der Waals surface area (Å²) in [6.07, 6.45) is 0. The smallest absolute Gasteiger partial charge is 0.255 e. The highest BCUT2D eigenvalue weighted by Gasteiger charge is 2.15. The van der Waals surface area contributed by atoms with Crippen molar-refractivity contribution in [1.29, 1.82) is 0 Å². The van der Waals surface area contributed by atoms with E-state index in [1.165, 1.54) is 47.0 Å². The van der Waals surface area contributed by atoms with E-state index in [2.05, 4.69) is 31.0 Å². The molecule has 0 atom stereocenters. The number of amides is 2. The van der Waals surface area contributed by atoms with Gasteiger partial charge >= 0.3 is 0 Å². The lowest BCUT2D eigenvalue weighted by Gasteiger charge is -2.07. The number of aryl methyl sites for hydroxylation is 1. The number of nitrogens with one attached hydrogen (secondary N) is 2. The quantitative estimate of drug-likeness (QED) is 0.146. The van der Waals surface area contributed by atoms with Crippen molar-refractivity contribution in [3.63, 3.8) is 0 Å². The van der Waals surface area contributed by atoms with Gasteiger partial charge in [-0.05, 0) is 61.0 Å². The van der Waals surface area contributed by atoms with Gasteiger partial charge in [-0.1, -0.05) is 64.7 Å². The lowest BCUT2D eigenvalue weighted by molar-refractivity contribution is -0.113. The zero-order valence-electron chi connectivity index (χ0n) is 22.0. The van der Waals surface area contributed by atoms with Crippen LogP contribution < -0.4 is 10.6 Å². The van der Waals surface area contributed by atoms with Crippen molar-refractivity contribution in [2.24, 2.45) is 7.05 Å². The molecule has 0 bridgehead atoms. The highest BCUT2D eigenvalue weighted by atomic mass is 32.2. The molecule has 5 rings (SSSR count). The van der Waals surface area contributed by atoms with E-state index in [0.29, 0.717) is 37.5 Å². The van der Waals surface area contributed by atoms with Gasteiger partial charge < -0.3 is 9.88 Å². The Morgan fingerprint density at radius 3 is 2.34 bits per heavy atom. The van der Waals surface area contributed by atoms with Gasteiger partial charge in [0.15, 0.2) is 15.3 Å². The Kier molecular flexibility index (Phi) is 9.07. The van der Waals surface area contributed by atoms with Gasteiger partial charge in [-0.15, -0.1) is 20.4 Å². The number of carbonyl (C=O) groups excluding carboxylic acids is 2. The molecule has 13 heteroatoms. The minimum absolute atomic E-state index is 0.119. The van der Waals surface area contributed by atoms with Crippen molar-refractivity contribution in [3.05, 3.63) is 95.3 Å². The Labute approximate surface area is 248 Å². The Morgan fingerprint density at radius 1 is 0.878 bits per heavy atom. The van der Waals surface area contributed by atoms with Crippen LogP contribution in [0.2, 0.25) is 0 Å². The molecule has 3 aromatic carbocycles. The largest absolute Gasteiger partial charge is 0.322 e. The molecule has 0 unspecified atom stereocenters. The lowest BCUT2D eigenvalue weighted by atomic mass is 10.1. The molecule has 0 saturated heterocycles. The van der Waals surface area contributed by atoms with Gasteiger partial charge in [-0.2, -0.15) is 0 Å². The van der Waals surface area contributed by atoms with E-state index in [1.54, 1.807) is 24.3 Å². The van der Waals surface area contributed by atoms with E-state index >= 15 is 0 Å². The number of hydrogen-bond donors (Lipinski definition) is 2. The average Bonchev–Trinajstić information content (AvgIpc) is 3.58. The third-order valence-corrected chi connectivity index (χ3v) is 8.87. The fraction of sp³-hybridized carbons (Fsp3) is 0.143. The fourth-order valence-corrected chi connectivity index (χ4v) is 6.07. The van der Waals surface area contributed by atoms with Crippen LogP contribution in [0.4, 0.5) is 15.2 Å². The number of nitrogens with zero attached hydrogens (tertiary/aromatic N) is 5. The first-order valence-electron chi connectivity index (χ1n) is 12.4. The minimum atomic E-state index is -0.273. The van der Waals surface area contributed by atoms with Crippen LogP contribution >= 0.6 is 34.9 Å². The number of carbonyl (C=O) groups is 2. The third-order valence-electron chi connectivity index (χ3n) is 5.81. The zero-order valence-corrected chi connectivity index (χ0v) is 24.4. The molecule has 2 heterocycles. The van der Waals surface area contributed by atoms with Crippen LogP contribution in [0, 0.1) is 12.7 Å². The van der Waals surface area contributed by atoms with Crippen LogP contribution in [0.1, 0.15) is 21.5 Å². The molecule has 0 aliphatic heterocycles. The molecule has 2 aromatic heterocycles. The van der Waals surface area contributed by atoms with Gasteiger partial charge in [0.05, 0.1) is 5.75 Å². The van der Waals surface area contributed by atoms with Crippen LogP contribution in [-0.2, 0) is 17.6 Å². The van der Waals surface area contributed by atoms with Crippen molar-refractivity contribution in [1.82, 2.24) is 25.0 Å². The molecule has 9 nitrogen and oxygen atoms in total. The van der Waals surface area contributed by atoms with Crippen LogP contribution in [0.5, 0.6) is 0 Å². The molecular formula is C28H24FN7O2S3. The van der Waals surface area contributed by atoms with E-state index < -0.39 is 0 Å². The molecule has 0 spiro atoms. The van der Waals surface area contributed by atoms with Gasteiger partial charge in [0.2, 0.25) is 11.0 Å². The summed E-state index contributed by atoms with van der Waals surface area (Å²) in [5.74, 6) is 0.689. The fourth-order valence-electron chi connectivity index (χ4n) is 3.63. The Balaban J connectivity index is 1.11. The van der Waals surface area contributed by atoms with Crippen molar-refractivity contribution < 1.29 is 14.0 Å². The van der Waals surface area contributed by atoms with Crippen LogP contribution in [0.15, 0.2) is 82.3 Å². The molecule has 2 amide bonds. The molecule has 0 saturated carbocycles. The normalized spacial score (nSPS) is 10.9. The molecule has 0 aliphatic carbocycles. The predicted molar refractivity (Wildman–Crippen MR) is 161 cm³/mol. The Hall–Kier alpha value is -4.07. The second kappa shape index (κ2) is 13.1. The summed E-state index contributed by atoms with van der Waals surface area (Å²) in [7, 11) is 1.83. The van der Waals surface area contributed by atoms with Crippen LogP contribution in [-0.4, -0.2) is 42.5 Å². The summed E-state index contributed by atoms with van der Waals surface area (Å²) in [5.41, 5.74) is 4.14. The van der Waals surface area contributed by atoms with E-state index in [1.807, 2.05) is 54.9 Å². The molecule has 0 fully saturated rings. The zero-order chi connectivity index (χ0) is 28.8. The highest BCUT2D eigenvalue weighted by molar-refractivity contribution is 8.00. The summed E-state index contributed by atoms with van der Waals surface area (Å²) in [4.78, 5) is 25.0. The number of halogens is 1. The van der Waals surface area contributed by atoms with Crippen molar-refractivity contribution >= 4 is 57.5 Å². The number of aromatic nitrogens is 5. The van der Waals surface area contributed by atoms with Crippen molar-refractivity contribution in [3.8, 4) is 11.4 Å². The Bertz CT molecular complexity index is 1650. The molecule has 41 heavy (non-hydrogen) atoms. The summed E-state index contributed by atoms with van der Waals surface area (Å²) in [6, 6.07) is 21.0. The number of hydrogen-bond acceptors (Lipinski definition) is 9. The number of thioether (sulfide) groups is 2. The standard InChI is InChI=1S/C28H24FN7O2S3/c1-17-3-7-20(8-4-17)25(38)30-22-13-9-19(10-14-22)24-32-34-27(36(24)2)39-16-23(37)31-26-33-35-28(41-26)40-15-18-5-11-21(29)12-6-18/h3-14H,15-16H2,1-2H3,(H,30,38)(H,31,33,37). The monoisotopic (exact) mass is 605 g/mol. The van der Waals surface area contributed by atoms with E-state index in [-0.39, 0.29) is 23.4 Å². The van der Waals surface area contributed by atoms with Gasteiger partial charge in [-0.25, -0.2) is 4.39 Å². The first-order chi connectivity index (χ1) is 19.8. The average molecular weight is 606 g/mol. The lowest BCUT2D eigenvalue weighted by Crippen LogP contribution is -2.14. The molecule has 5 aromatic rings. The van der Waals surface area contributed by atoms with Gasteiger partial charge in [-0.3, -0.25) is 14.9 Å². The molecule has 0 aliphatic rings. The van der Waals surface area contributed by atoms with Crippen LogP contribution in [0.3, 0.4) is 0 Å².